The van der Waals surface area contributed by atoms with Gasteiger partial charge in [-0.15, -0.1) is 6.58 Å². The van der Waals surface area contributed by atoms with Gasteiger partial charge in [0, 0.05) is 20.1 Å². The minimum Gasteiger partial charge on any atom is -0.358 e. The average Bonchev–Trinajstić information content (AvgIpc) is 2.42. The molecule has 0 radical (unpaired) electrons. The van der Waals surface area contributed by atoms with E-state index in [1.54, 1.807) is 12.3 Å². The quantitative estimate of drug-likeness (QED) is 0.745. The van der Waals surface area contributed by atoms with Crippen LogP contribution in [0.1, 0.15) is 30.3 Å². The molecule has 0 aliphatic rings. The molecule has 0 bridgehead atoms. The molecule has 1 rings (SSSR count). The van der Waals surface area contributed by atoms with E-state index in [-0.39, 0.29) is 5.91 Å². The van der Waals surface area contributed by atoms with Gasteiger partial charge >= 0.3 is 0 Å². The Morgan fingerprint density at radius 1 is 1.50 bits per heavy atom. The normalized spacial score (nSPS) is 9.89. The van der Waals surface area contributed by atoms with Crippen molar-refractivity contribution in [1.29, 1.82) is 0 Å². The zero-order chi connectivity index (χ0) is 13.4. The summed E-state index contributed by atoms with van der Waals surface area (Å²) in [5, 5.41) is 2.66. The fourth-order valence-electron chi connectivity index (χ4n) is 1.40. The number of anilines is 1. The van der Waals surface area contributed by atoms with Gasteiger partial charge in [-0.2, -0.15) is 0 Å². The molecule has 18 heavy (non-hydrogen) atoms. The molecule has 0 aliphatic heterocycles. The molecule has 0 aromatic carbocycles. The Morgan fingerprint density at radius 3 is 2.83 bits per heavy atom. The zero-order valence-corrected chi connectivity index (χ0v) is 11.0. The van der Waals surface area contributed by atoms with E-state index < -0.39 is 0 Å². The minimum absolute atomic E-state index is 0.231. The monoisotopic (exact) mass is 248 g/mol. The van der Waals surface area contributed by atoms with Crippen molar-refractivity contribution in [2.75, 3.05) is 25.0 Å². The Balaban J connectivity index is 2.61. The Kier molecular flexibility index (Phi) is 5.84. The summed E-state index contributed by atoms with van der Waals surface area (Å²) in [4.78, 5) is 22.0. The van der Waals surface area contributed by atoms with Crippen LogP contribution >= 0.6 is 0 Å². The average molecular weight is 248 g/mol. The lowest BCUT2D eigenvalue weighted by molar-refractivity contribution is 0.0952. The maximum Gasteiger partial charge on any atom is 0.271 e. The Morgan fingerprint density at radius 2 is 2.28 bits per heavy atom. The van der Waals surface area contributed by atoms with Gasteiger partial charge in [-0.3, -0.25) is 4.79 Å². The molecule has 0 atom stereocenters. The van der Waals surface area contributed by atoms with E-state index in [2.05, 4.69) is 28.8 Å². The number of nitrogens with zero attached hydrogens (tertiary/aromatic N) is 3. The van der Waals surface area contributed by atoms with Crippen molar-refractivity contribution >= 4 is 11.7 Å². The van der Waals surface area contributed by atoms with E-state index in [0.717, 1.165) is 25.2 Å². The second kappa shape index (κ2) is 7.42. The van der Waals surface area contributed by atoms with Gasteiger partial charge < -0.3 is 10.2 Å². The fraction of sp³-hybridized carbons (Fsp3) is 0.462. The van der Waals surface area contributed by atoms with Crippen molar-refractivity contribution in [1.82, 2.24) is 15.3 Å². The van der Waals surface area contributed by atoms with Gasteiger partial charge in [-0.05, 0) is 6.42 Å². The van der Waals surface area contributed by atoms with E-state index in [9.17, 15) is 4.79 Å². The van der Waals surface area contributed by atoms with Crippen LogP contribution in [0.4, 0.5) is 5.82 Å². The Labute approximate surface area is 108 Å². The molecule has 1 heterocycles. The van der Waals surface area contributed by atoms with Crippen molar-refractivity contribution in [3.8, 4) is 0 Å². The molecule has 98 valence electrons. The molecule has 1 aromatic heterocycles. The molecular weight excluding hydrogens is 228 g/mol. The van der Waals surface area contributed by atoms with E-state index in [0.29, 0.717) is 12.2 Å². The van der Waals surface area contributed by atoms with Gasteiger partial charge in [-0.25, -0.2) is 9.97 Å². The third-order valence-corrected chi connectivity index (χ3v) is 2.52. The number of rotatable bonds is 7. The number of carbonyl (C=O) groups is 1. The van der Waals surface area contributed by atoms with Gasteiger partial charge in [0.2, 0.25) is 0 Å². The SMILES string of the molecule is C=CCNC(=O)c1cnc(N(C)CCCC)cn1. The first-order chi connectivity index (χ1) is 8.69. The predicted molar refractivity (Wildman–Crippen MR) is 72.7 cm³/mol. The van der Waals surface area contributed by atoms with Crippen molar-refractivity contribution in [3.05, 3.63) is 30.7 Å². The minimum atomic E-state index is -0.231. The highest BCUT2D eigenvalue weighted by Crippen LogP contribution is 2.07. The van der Waals surface area contributed by atoms with Crippen LogP contribution in [0.3, 0.4) is 0 Å². The number of hydrogen-bond donors (Lipinski definition) is 1. The highest BCUT2D eigenvalue weighted by molar-refractivity contribution is 5.92. The third kappa shape index (κ3) is 4.16. The molecule has 5 nitrogen and oxygen atoms in total. The van der Waals surface area contributed by atoms with E-state index in [1.807, 2.05) is 11.9 Å². The van der Waals surface area contributed by atoms with Crippen molar-refractivity contribution in [2.45, 2.75) is 19.8 Å². The van der Waals surface area contributed by atoms with Crippen LogP contribution in [0, 0.1) is 0 Å². The van der Waals surface area contributed by atoms with Crippen LogP contribution in [-0.2, 0) is 0 Å². The summed E-state index contributed by atoms with van der Waals surface area (Å²) >= 11 is 0. The van der Waals surface area contributed by atoms with Gasteiger partial charge in [0.1, 0.15) is 11.5 Å². The van der Waals surface area contributed by atoms with E-state index in [4.69, 9.17) is 0 Å². The highest BCUT2D eigenvalue weighted by atomic mass is 16.1. The second-order valence-corrected chi connectivity index (χ2v) is 4.03. The molecule has 5 heteroatoms. The third-order valence-electron chi connectivity index (χ3n) is 2.52. The molecule has 1 amide bonds. The van der Waals surface area contributed by atoms with Crippen LogP contribution in [0.5, 0.6) is 0 Å². The Hall–Kier alpha value is -1.91. The lowest BCUT2D eigenvalue weighted by Crippen LogP contribution is -2.25. The summed E-state index contributed by atoms with van der Waals surface area (Å²) in [5.41, 5.74) is 0.324. The highest BCUT2D eigenvalue weighted by Gasteiger charge is 2.08. The predicted octanol–water partition coefficient (Wildman–Crippen LogP) is 1.63. The maximum absolute atomic E-state index is 11.6. The smallest absolute Gasteiger partial charge is 0.271 e. The van der Waals surface area contributed by atoms with Crippen LogP contribution in [-0.4, -0.2) is 36.0 Å². The van der Waals surface area contributed by atoms with Crippen LogP contribution in [0.2, 0.25) is 0 Å². The zero-order valence-electron chi connectivity index (χ0n) is 11.0. The lowest BCUT2D eigenvalue weighted by Gasteiger charge is -2.17. The maximum atomic E-state index is 11.6. The molecular formula is C13H20N4O. The summed E-state index contributed by atoms with van der Waals surface area (Å²) in [5.74, 6) is 0.550. The van der Waals surface area contributed by atoms with E-state index >= 15 is 0 Å². The topological polar surface area (TPSA) is 58.1 Å². The first kappa shape index (κ1) is 14.2. The standard InChI is InChI=1S/C13H20N4O/c1-4-6-8-17(3)12-10-15-11(9-16-12)13(18)14-7-5-2/h5,9-10H,2,4,6-8H2,1,3H3,(H,14,18). The number of unbranched alkanes of at least 4 members (excludes halogenated alkanes) is 1. The largest absolute Gasteiger partial charge is 0.358 e. The van der Waals surface area contributed by atoms with Gasteiger partial charge in [0.25, 0.3) is 5.91 Å². The molecule has 0 saturated heterocycles. The molecule has 0 fully saturated rings. The number of carbonyl (C=O) groups excluding carboxylic acids is 1. The van der Waals surface area contributed by atoms with Crippen LogP contribution < -0.4 is 10.2 Å². The fourth-order valence-corrected chi connectivity index (χ4v) is 1.40. The summed E-state index contributed by atoms with van der Waals surface area (Å²) in [6.07, 6.45) is 6.99. The van der Waals surface area contributed by atoms with Gasteiger partial charge in [0.05, 0.1) is 12.4 Å². The number of hydrogen-bond acceptors (Lipinski definition) is 4. The van der Waals surface area contributed by atoms with Gasteiger partial charge in [0.15, 0.2) is 0 Å². The number of amides is 1. The molecule has 0 saturated carbocycles. The van der Waals surface area contributed by atoms with Crippen molar-refractivity contribution in [3.63, 3.8) is 0 Å². The van der Waals surface area contributed by atoms with Crippen LogP contribution in [0.15, 0.2) is 25.0 Å². The van der Waals surface area contributed by atoms with Crippen molar-refractivity contribution < 1.29 is 4.79 Å². The molecule has 1 aromatic rings. The van der Waals surface area contributed by atoms with Crippen LogP contribution in [0.25, 0.3) is 0 Å². The van der Waals surface area contributed by atoms with Gasteiger partial charge in [-0.1, -0.05) is 19.4 Å². The second-order valence-electron chi connectivity index (χ2n) is 4.03. The summed E-state index contributed by atoms with van der Waals surface area (Å²) < 4.78 is 0. The molecule has 0 spiro atoms. The Bertz CT molecular complexity index is 388. The first-order valence-electron chi connectivity index (χ1n) is 6.11. The first-order valence-corrected chi connectivity index (χ1v) is 6.11. The van der Waals surface area contributed by atoms with Crippen molar-refractivity contribution in [2.24, 2.45) is 0 Å². The number of aromatic nitrogens is 2. The summed E-state index contributed by atoms with van der Waals surface area (Å²) in [6, 6.07) is 0. The molecule has 0 unspecified atom stereocenters. The number of nitrogens with one attached hydrogen (secondary N) is 1. The summed E-state index contributed by atoms with van der Waals surface area (Å²) in [6.45, 7) is 7.05. The summed E-state index contributed by atoms with van der Waals surface area (Å²) in [7, 11) is 1.97. The van der Waals surface area contributed by atoms with E-state index in [1.165, 1.54) is 6.20 Å². The lowest BCUT2D eigenvalue weighted by atomic mass is 10.3. The molecule has 0 aliphatic carbocycles. The molecule has 1 N–H and O–H groups in total.